The molecular formula is H2NO2STc. The van der Waals surface area contributed by atoms with Gasteiger partial charge in [0, 0.05) is 0 Å². The van der Waals surface area contributed by atoms with E-state index in [1.807, 2.05) is 0 Å². The Kier molecular flexibility index (Phi) is 1.49. The summed E-state index contributed by atoms with van der Waals surface area (Å²) in [6, 6.07) is 0. The van der Waals surface area contributed by atoms with Crippen LogP contribution in [0.5, 0.6) is 0 Å². The molecule has 0 bridgehead atoms. The second kappa shape index (κ2) is 1.34. The Balaban J connectivity index is 4.06. The molecule has 5 heteroatoms. The van der Waals surface area contributed by atoms with Crippen molar-refractivity contribution < 1.29 is 26.1 Å². The zero-order valence-electron chi connectivity index (χ0n) is 2.18. The van der Waals surface area contributed by atoms with Gasteiger partial charge < -0.3 is 0 Å². The molecule has 0 atom stereocenters. The molecule has 32 valence electrons. The van der Waals surface area contributed by atoms with Crippen LogP contribution in [0.1, 0.15) is 0 Å². The minimum absolute atomic E-state index is 1.13. The summed E-state index contributed by atoms with van der Waals surface area (Å²) in [5.74, 6) is 0. The second-order valence-corrected chi connectivity index (χ2v) is 4.60. The molecule has 0 aromatic heterocycles. The summed E-state index contributed by atoms with van der Waals surface area (Å²) in [7, 11) is -3.20. The van der Waals surface area contributed by atoms with Crippen molar-refractivity contribution in [2.24, 2.45) is 5.14 Å². The molecule has 0 aromatic rings. The van der Waals surface area contributed by atoms with E-state index >= 15 is 0 Å². The van der Waals surface area contributed by atoms with Gasteiger partial charge in [0.15, 0.2) is 0 Å². The number of hydrogen-bond acceptors (Lipinski definition) is 2. The van der Waals surface area contributed by atoms with E-state index in [1.54, 1.807) is 0 Å². The zero-order valence-corrected chi connectivity index (χ0v) is 4.85. The van der Waals surface area contributed by atoms with Crippen molar-refractivity contribution in [2.75, 3.05) is 0 Å². The van der Waals surface area contributed by atoms with Crippen molar-refractivity contribution in [3.05, 3.63) is 0 Å². The van der Waals surface area contributed by atoms with Gasteiger partial charge in [-0.1, -0.05) is 0 Å². The standard InChI is InChI=1S/H2NO2S.Tc/c1-4(2)3;/h(H2,1,2,3);. The first-order valence-electron chi connectivity index (χ1n) is 0.723. The van der Waals surface area contributed by atoms with Gasteiger partial charge in [-0.05, 0) is 0 Å². The van der Waals surface area contributed by atoms with Gasteiger partial charge in [0.05, 0.1) is 0 Å². The monoisotopic (exact) mass is 177 g/mol. The Morgan fingerprint density at radius 1 is 1.60 bits per heavy atom. The van der Waals surface area contributed by atoms with E-state index in [0.29, 0.717) is 0 Å². The average molecular weight is 178 g/mol. The molecule has 0 fully saturated rings. The zero-order chi connectivity index (χ0) is 4.50. The Labute approximate surface area is 39.5 Å². The van der Waals surface area contributed by atoms with Crippen LogP contribution in [0.25, 0.3) is 0 Å². The molecule has 0 rings (SSSR count). The maximum atomic E-state index is 9.40. The van der Waals surface area contributed by atoms with Gasteiger partial charge in [-0.15, -0.1) is 0 Å². The Hall–Kier alpha value is 0.559. The quantitative estimate of drug-likeness (QED) is 0.503. The minimum atomic E-state index is -3.20. The van der Waals surface area contributed by atoms with Gasteiger partial charge in [-0.3, -0.25) is 0 Å². The van der Waals surface area contributed by atoms with Crippen LogP contribution in [0.2, 0.25) is 0 Å². The van der Waals surface area contributed by atoms with Crippen molar-refractivity contribution in [1.82, 2.24) is 0 Å². The van der Waals surface area contributed by atoms with Gasteiger partial charge >= 0.3 is 39.1 Å². The van der Waals surface area contributed by atoms with E-state index in [1.165, 1.54) is 0 Å². The van der Waals surface area contributed by atoms with E-state index in [0.717, 1.165) is 17.7 Å². The van der Waals surface area contributed by atoms with Crippen LogP contribution >= 0.6 is 0 Å². The average Bonchev–Trinajstić information content (AvgIpc) is 0.722. The predicted octanol–water partition coefficient (Wildman–Crippen LogP) is -1.26. The molecule has 0 heterocycles. The molecule has 0 aromatic carbocycles. The maximum absolute atomic E-state index is 9.40. The van der Waals surface area contributed by atoms with E-state index in [-0.39, 0.29) is 0 Å². The summed E-state index contributed by atoms with van der Waals surface area (Å²) >= 11 is 1.13. The van der Waals surface area contributed by atoms with Crippen molar-refractivity contribution in [3.63, 3.8) is 0 Å². The third kappa shape index (κ3) is 95.5. The molecule has 0 radical (unpaired) electrons. The summed E-state index contributed by atoms with van der Waals surface area (Å²) < 4.78 is 18.8. The molecule has 0 aliphatic carbocycles. The molecule has 0 saturated carbocycles. The van der Waals surface area contributed by atoms with Crippen molar-refractivity contribution >= 4 is 7.90 Å². The van der Waals surface area contributed by atoms with Gasteiger partial charge in [-0.25, -0.2) is 0 Å². The molecule has 0 aliphatic heterocycles. The van der Waals surface area contributed by atoms with Crippen molar-refractivity contribution in [2.45, 2.75) is 0 Å². The van der Waals surface area contributed by atoms with Crippen LogP contribution in [0, 0.1) is 0 Å². The molecule has 3 nitrogen and oxygen atoms in total. The van der Waals surface area contributed by atoms with E-state index in [9.17, 15) is 8.42 Å². The van der Waals surface area contributed by atoms with Gasteiger partial charge in [-0.2, -0.15) is 0 Å². The first-order valence-corrected chi connectivity index (χ1v) is 4.45. The molecule has 0 spiro atoms. The second-order valence-electron chi connectivity index (χ2n) is 0.476. The molecule has 2 N–H and O–H groups in total. The van der Waals surface area contributed by atoms with Gasteiger partial charge in [0.25, 0.3) is 0 Å². The molecule has 0 aliphatic rings. The summed E-state index contributed by atoms with van der Waals surface area (Å²) in [4.78, 5) is 0. The summed E-state index contributed by atoms with van der Waals surface area (Å²) in [5, 5.41) is 4.31. The number of rotatable bonds is 0. The first-order chi connectivity index (χ1) is 2.00. The number of nitrogens with two attached hydrogens (primary N) is 1. The van der Waals surface area contributed by atoms with Gasteiger partial charge in [0.2, 0.25) is 0 Å². The topological polar surface area (TPSA) is 60.2 Å². The fourth-order valence-electron chi connectivity index (χ4n) is 0. The van der Waals surface area contributed by atoms with Crippen LogP contribution in [0.3, 0.4) is 0 Å². The van der Waals surface area contributed by atoms with Gasteiger partial charge in [0.1, 0.15) is 0 Å². The van der Waals surface area contributed by atoms with Crippen molar-refractivity contribution in [3.8, 4) is 0 Å². The van der Waals surface area contributed by atoms with Crippen LogP contribution in [-0.2, 0) is 25.6 Å². The third-order valence-electron chi connectivity index (χ3n) is 0. The Bertz CT molecular complexity index is 92.8. The first kappa shape index (κ1) is 5.56. The van der Waals surface area contributed by atoms with Crippen LogP contribution in [0.15, 0.2) is 0 Å². The molecule has 0 unspecified atom stereocenters. The third-order valence-corrected chi connectivity index (χ3v) is 0. The van der Waals surface area contributed by atoms with E-state index in [2.05, 4.69) is 5.14 Å². The number of hydrogen-bond donors (Lipinski definition) is 1. The van der Waals surface area contributed by atoms with Crippen molar-refractivity contribution in [1.29, 1.82) is 0 Å². The van der Waals surface area contributed by atoms with Crippen LogP contribution < -0.4 is 5.14 Å². The molecule has 0 amide bonds. The SMILES string of the molecule is N[S](=O)(=O)[Tc]. The Morgan fingerprint density at radius 2 is 1.60 bits per heavy atom. The molecule has 5 heavy (non-hydrogen) atoms. The summed E-state index contributed by atoms with van der Waals surface area (Å²) in [5.41, 5.74) is 0. The van der Waals surface area contributed by atoms with Crippen LogP contribution in [0.4, 0.5) is 0 Å². The fraction of sp³-hybridized carbons (Fsp3) is 0. The summed E-state index contributed by atoms with van der Waals surface area (Å²) in [6.07, 6.45) is 0. The summed E-state index contributed by atoms with van der Waals surface area (Å²) in [6.45, 7) is 0. The van der Waals surface area contributed by atoms with Crippen LogP contribution in [-0.4, -0.2) is 8.42 Å². The molecule has 0 saturated heterocycles. The fourth-order valence-corrected chi connectivity index (χ4v) is 0. The normalized spacial score (nSPS) is 11.6. The van der Waals surface area contributed by atoms with E-state index < -0.39 is 7.90 Å². The van der Waals surface area contributed by atoms with E-state index in [4.69, 9.17) is 0 Å². The molecular weight excluding hydrogens is 176 g/mol. The Morgan fingerprint density at radius 3 is 1.60 bits per heavy atom. The predicted molar refractivity (Wildman–Crippen MR) is 13.1 cm³/mol.